The molecule has 31 heavy (non-hydrogen) atoms. The molecule has 4 rings (SSSR count). The third-order valence-electron chi connectivity index (χ3n) is 5.16. The number of benzene rings is 2. The SMILES string of the molecule is COc1cc(-c2noc(COCc3ccc(Cl)cc3)n2)ccc1OCCN1CCCC1. The smallest absolute Gasteiger partial charge is 0.252 e. The fraction of sp³-hybridized carbons (Fsp3) is 0.391. The Hall–Kier alpha value is -2.61. The molecule has 0 amide bonds. The fourth-order valence-corrected chi connectivity index (χ4v) is 3.61. The van der Waals surface area contributed by atoms with Crippen molar-refractivity contribution in [1.82, 2.24) is 15.0 Å². The minimum absolute atomic E-state index is 0.227. The van der Waals surface area contributed by atoms with Crippen LogP contribution in [0.2, 0.25) is 5.02 Å². The summed E-state index contributed by atoms with van der Waals surface area (Å²) in [6.45, 7) is 4.53. The van der Waals surface area contributed by atoms with Gasteiger partial charge >= 0.3 is 0 Å². The molecule has 1 aliphatic heterocycles. The lowest BCUT2D eigenvalue weighted by atomic mass is 10.2. The van der Waals surface area contributed by atoms with Gasteiger partial charge in [0.15, 0.2) is 11.5 Å². The van der Waals surface area contributed by atoms with Crippen LogP contribution >= 0.6 is 11.6 Å². The molecule has 2 aromatic carbocycles. The van der Waals surface area contributed by atoms with E-state index in [-0.39, 0.29) is 6.61 Å². The molecule has 0 spiro atoms. The topological polar surface area (TPSA) is 69.9 Å². The van der Waals surface area contributed by atoms with Crippen molar-refractivity contribution in [1.29, 1.82) is 0 Å². The Kier molecular flexibility index (Phi) is 7.40. The van der Waals surface area contributed by atoms with Crippen LogP contribution in [0, 0.1) is 0 Å². The lowest BCUT2D eigenvalue weighted by molar-refractivity contribution is 0.0850. The number of methoxy groups -OCH3 is 1. The van der Waals surface area contributed by atoms with E-state index in [1.807, 2.05) is 42.5 Å². The summed E-state index contributed by atoms with van der Waals surface area (Å²) in [5.41, 5.74) is 1.81. The van der Waals surface area contributed by atoms with Gasteiger partial charge in [0.25, 0.3) is 5.89 Å². The summed E-state index contributed by atoms with van der Waals surface area (Å²) in [5, 5.41) is 4.75. The first kappa shape index (κ1) is 21.6. The average molecular weight is 444 g/mol. The second kappa shape index (κ2) is 10.6. The van der Waals surface area contributed by atoms with E-state index in [0.29, 0.717) is 41.5 Å². The second-order valence-electron chi connectivity index (χ2n) is 7.39. The van der Waals surface area contributed by atoms with Gasteiger partial charge in [-0.05, 0) is 61.8 Å². The molecule has 164 valence electrons. The molecule has 0 bridgehead atoms. The molecule has 0 N–H and O–H groups in total. The summed E-state index contributed by atoms with van der Waals surface area (Å²) in [6.07, 6.45) is 2.55. The first-order valence-electron chi connectivity index (χ1n) is 10.4. The molecule has 3 aromatic rings. The molecule has 1 aromatic heterocycles. The quantitative estimate of drug-likeness (QED) is 0.453. The average Bonchev–Trinajstić information content (AvgIpc) is 3.48. The van der Waals surface area contributed by atoms with Gasteiger partial charge in [0.2, 0.25) is 5.82 Å². The number of halogens is 1. The van der Waals surface area contributed by atoms with Crippen molar-refractivity contribution < 1.29 is 18.7 Å². The molecular weight excluding hydrogens is 418 g/mol. The monoisotopic (exact) mass is 443 g/mol. The highest BCUT2D eigenvalue weighted by molar-refractivity contribution is 6.30. The van der Waals surface area contributed by atoms with E-state index >= 15 is 0 Å². The van der Waals surface area contributed by atoms with Crippen molar-refractivity contribution in [2.75, 3.05) is 33.4 Å². The van der Waals surface area contributed by atoms with Gasteiger partial charge in [-0.15, -0.1) is 0 Å². The molecule has 8 heteroatoms. The molecular formula is C23H26ClN3O4. The number of hydrogen-bond acceptors (Lipinski definition) is 7. The number of likely N-dealkylation sites (tertiary alicyclic amines) is 1. The van der Waals surface area contributed by atoms with Gasteiger partial charge < -0.3 is 18.7 Å². The lowest BCUT2D eigenvalue weighted by Crippen LogP contribution is -2.25. The predicted octanol–water partition coefficient (Wildman–Crippen LogP) is 4.59. The largest absolute Gasteiger partial charge is 0.493 e. The predicted molar refractivity (Wildman–Crippen MR) is 117 cm³/mol. The maximum Gasteiger partial charge on any atom is 0.252 e. The summed E-state index contributed by atoms with van der Waals surface area (Å²) in [4.78, 5) is 6.83. The van der Waals surface area contributed by atoms with Crippen molar-refractivity contribution >= 4 is 11.6 Å². The van der Waals surface area contributed by atoms with Crippen LogP contribution in [0.3, 0.4) is 0 Å². The van der Waals surface area contributed by atoms with Crippen LogP contribution in [0.4, 0.5) is 0 Å². The summed E-state index contributed by atoms with van der Waals surface area (Å²) in [5.74, 6) is 2.24. The number of aromatic nitrogens is 2. The Morgan fingerprint density at radius 2 is 1.84 bits per heavy atom. The molecule has 2 heterocycles. The first-order valence-corrected chi connectivity index (χ1v) is 10.8. The zero-order valence-corrected chi connectivity index (χ0v) is 18.3. The minimum Gasteiger partial charge on any atom is -0.493 e. The lowest BCUT2D eigenvalue weighted by Gasteiger charge is -2.16. The molecule has 0 aliphatic carbocycles. The van der Waals surface area contributed by atoms with Gasteiger partial charge in [0.1, 0.15) is 13.2 Å². The molecule has 0 atom stereocenters. The molecule has 1 aliphatic rings. The Morgan fingerprint density at radius 3 is 2.61 bits per heavy atom. The Balaban J connectivity index is 1.32. The highest BCUT2D eigenvalue weighted by Gasteiger charge is 2.14. The van der Waals surface area contributed by atoms with Crippen LogP contribution < -0.4 is 9.47 Å². The zero-order valence-electron chi connectivity index (χ0n) is 17.6. The van der Waals surface area contributed by atoms with E-state index in [1.54, 1.807) is 7.11 Å². The highest BCUT2D eigenvalue weighted by Crippen LogP contribution is 2.31. The number of hydrogen-bond donors (Lipinski definition) is 0. The third-order valence-corrected chi connectivity index (χ3v) is 5.41. The van der Waals surface area contributed by atoms with Gasteiger partial charge in [-0.3, -0.25) is 4.90 Å². The van der Waals surface area contributed by atoms with E-state index in [9.17, 15) is 0 Å². The van der Waals surface area contributed by atoms with Crippen LogP contribution in [0.15, 0.2) is 47.0 Å². The normalized spacial score (nSPS) is 14.1. The van der Waals surface area contributed by atoms with Gasteiger partial charge in [0, 0.05) is 17.1 Å². The Labute approximate surface area is 186 Å². The van der Waals surface area contributed by atoms with Crippen LogP contribution in [-0.2, 0) is 18.0 Å². The van der Waals surface area contributed by atoms with Crippen molar-refractivity contribution in [3.8, 4) is 22.9 Å². The second-order valence-corrected chi connectivity index (χ2v) is 7.83. The van der Waals surface area contributed by atoms with E-state index in [0.717, 1.165) is 30.8 Å². The standard InChI is InChI=1S/C23H26ClN3O4/c1-28-21-14-18(6-9-20(21)30-13-12-27-10-2-3-11-27)23-25-22(31-26-23)16-29-15-17-4-7-19(24)8-5-17/h4-9,14H,2-3,10-13,15-16H2,1H3. The third kappa shape index (κ3) is 5.97. The molecule has 1 saturated heterocycles. The van der Waals surface area contributed by atoms with Crippen molar-refractivity contribution in [3.63, 3.8) is 0 Å². The van der Waals surface area contributed by atoms with Crippen LogP contribution in [0.25, 0.3) is 11.4 Å². The molecule has 0 saturated carbocycles. The Morgan fingerprint density at radius 1 is 1.03 bits per heavy atom. The summed E-state index contributed by atoms with van der Waals surface area (Å²) >= 11 is 5.89. The number of rotatable bonds is 10. The van der Waals surface area contributed by atoms with E-state index in [1.165, 1.54) is 12.8 Å². The van der Waals surface area contributed by atoms with E-state index < -0.39 is 0 Å². The van der Waals surface area contributed by atoms with Crippen LogP contribution in [0.1, 0.15) is 24.3 Å². The first-order chi connectivity index (χ1) is 15.2. The fourth-order valence-electron chi connectivity index (χ4n) is 3.48. The summed E-state index contributed by atoms with van der Waals surface area (Å²) < 4.78 is 22.4. The number of ether oxygens (including phenoxy) is 3. The molecule has 0 radical (unpaired) electrons. The summed E-state index contributed by atoms with van der Waals surface area (Å²) in [6, 6.07) is 13.1. The van der Waals surface area contributed by atoms with Crippen molar-refractivity contribution in [2.45, 2.75) is 26.1 Å². The van der Waals surface area contributed by atoms with Crippen LogP contribution in [-0.4, -0.2) is 48.4 Å². The van der Waals surface area contributed by atoms with E-state index in [2.05, 4.69) is 15.0 Å². The Bertz CT molecular complexity index is 971. The molecule has 0 unspecified atom stereocenters. The van der Waals surface area contributed by atoms with Gasteiger partial charge in [-0.1, -0.05) is 28.9 Å². The number of nitrogens with zero attached hydrogens (tertiary/aromatic N) is 3. The zero-order chi connectivity index (χ0) is 21.5. The molecule has 7 nitrogen and oxygen atoms in total. The minimum atomic E-state index is 0.227. The van der Waals surface area contributed by atoms with Crippen molar-refractivity contribution in [3.05, 3.63) is 58.9 Å². The van der Waals surface area contributed by atoms with Gasteiger partial charge in [0.05, 0.1) is 13.7 Å². The molecule has 1 fully saturated rings. The highest BCUT2D eigenvalue weighted by atomic mass is 35.5. The van der Waals surface area contributed by atoms with Crippen LogP contribution in [0.5, 0.6) is 11.5 Å². The van der Waals surface area contributed by atoms with Gasteiger partial charge in [-0.2, -0.15) is 4.98 Å². The maximum absolute atomic E-state index is 5.93. The van der Waals surface area contributed by atoms with Crippen molar-refractivity contribution in [2.24, 2.45) is 0 Å². The van der Waals surface area contributed by atoms with Gasteiger partial charge in [-0.25, -0.2) is 0 Å². The van der Waals surface area contributed by atoms with E-state index in [4.69, 9.17) is 30.3 Å². The summed E-state index contributed by atoms with van der Waals surface area (Å²) in [7, 11) is 1.62. The maximum atomic E-state index is 5.93.